The molecule has 42 heavy (non-hydrogen) atoms. The third kappa shape index (κ3) is 5.35. The van der Waals surface area contributed by atoms with E-state index < -0.39 is 0 Å². The number of hydrogen-bond acceptors (Lipinski definition) is 7. The van der Waals surface area contributed by atoms with Crippen molar-refractivity contribution in [3.05, 3.63) is 89.0 Å². The number of rotatable bonds is 8. The van der Waals surface area contributed by atoms with Crippen LogP contribution in [0.25, 0.3) is 16.9 Å². The van der Waals surface area contributed by atoms with E-state index in [9.17, 15) is 9.59 Å². The molecular weight excluding hydrogens is 552 g/mol. The Hall–Kier alpha value is -4.28. The first-order valence-electron chi connectivity index (χ1n) is 13.8. The summed E-state index contributed by atoms with van der Waals surface area (Å²) < 4.78 is 18.2. The van der Waals surface area contributed by atoms with Crippen molar-refractivity contribution in [3.63, 3.8) is 0 Å². The highest BCUT2D eigenvalue weighted by Gasteiger charge is 2.38. The van der Waals surface area contributed by atoms with Gasteiger partial charge in [0.25, 0.3) is 0 Å². The molecule has 0 radical (unpaired) electrons. The number of aromatic nitrogens is 2. The van der Waals surface area contributed by atoms with Gasteiger partial charge in [-0.2, -0.15) is 5.10 Å². The molecule has 0 saturated heterocycles. The third-order valence-corrected chi connectivity index (χ3v) is 8.60. The van der Waals surface area contributed by atoms with Gasteiger partial charge in [0.2, 0.25) is 18.6 Å². The van der Waals surface area contributed by atoms with E-state index in [1.165, 1.54) is 11.8 Å². The van der Waals surface area contributed by atoms with Crippen molar-refractivity contribution in [2.45, 2.75) is 19.1 Å². The van der Waals surface area contributed by atoms with E-state index in [0.717, 1.165) is 39.2 Å². The van der Waals surface area contributed by atoms with Gasteiger partial charge in [0.15, 0.2) is 11.5 Å². The number of carbonyl (C=O) groups is 2. The van der Waals surface area contributed by atoms with Crippen LogP contribution in [-0.2, 0) is 14.3 Å². The van der Waals surface area contributed by atoms with Gasteiger partial charge >= 0.3 is 0 Å². The number of carbonyl (C=O) groups excluding carboxylic acids is 2. The minimum Gasteiger partial charge on any atom is -0.454 e. The van der Waals surface area contributed by atoms with E-state index >= 15 is 0 Å². The molecular formula is C32H32N4O5S. The lowest BCUT2D eigenvalue weighted by molar-refractivity contribution is -0.123. The Morgan fingerprint density at radius 2 is 1.88 bits per heavy atom. The number of amides is 2. The van der Waals surface area contributed by atoms with Gasteiger partial charge in [0.1, 0.15) is 12.4 Å². The van der Waals surface area contributed by atoms with Crippen LogP contribution in [0, 0.1) is 13.8 Å². The molecule has 216 valence electrons. The first-order valence-corrected chi connectivity index (χ1v) is 14.8. The Morgan fingerprint density at radius 3 is 2.67 bits per heavy atom. The lowest BCUT2D eigenvalue weighted by atomic mass is 9.99. The van der Waals surface area contributed by atoms with Crippen LogP contribution in [0.15, 0.2) is 66.7 Å². The van der Waals surface area contributed by atoms with E-state index in [4.69, 9.17) is 19.3 Å². The fourth-order valence-electron chi connectivity index (χ4n) is 5.37. The maximum atomic E-state index is 13.9. The average molecular weight is 585 g/mol. The second kappa shape index (κ2) is 11.9. The molecule has 4 aromatic rings. The van der Waals surface area contributed by atoms with E-state index in [0.29, 0.717) is 30.5 Å². The van der Waals surface area contributed by atoms with Crippen LogP contribution in [0.5, 0.6) is 11.5 Å². The highest BCUT2D eigenvalue weighted by Crippen LogP contribution is 2.50. The normalized spacial score (nSPS) is 15.8. The molecule has 1 aromatic heterocycles. The van der Waals surface area contributed by atoms with Crippen molar-refractivity contribution in [1.82, 2.24) is 15.1 Å². The van der Waals surface area contributed by atoms with Crippen molar-refractivity contribution in [1.29, 1.82) is 0 Å². The summed E-state index contributed by atoms with van der Waals surface area (Å²) >= 11 is 1.52. The first kappa shape index (κ1) is 27.9. The quantitative estimate of drug-likeness (QED) is 0.297. The summed E-state index contributed by atoms with van der Waals surface area (Å²) in [6.07, 6.45) is 0. The van der Waals surface area contributed by atoms with Crippen LogP contribution < -0.4 is 19.7 Å². The molecule has 0 fully saturated rings. The van der Waals surface area contributed by atoms with Crippen molar-refractivity contribution in [3.8, 4) is 28.4 Å². The van der Waals surface area contributed by atoms with Gasteiger partial charge in [0.05, 0.1) is 29.0 Å². The molecule has 6 rings (SSSR count). The number of methoxy groups -OCH3 is 1. The summed E-state index contributed by atoms with van der Waals surface area (Å²) in [5.74, 6) is 1.69. The van der Waals surface area contributed by atoms with Crippen LogP contribution in [-0.4, -0.2) is 60.9 Å². The zero-order chi connectivity index (χ0) is 29.2. The predicted octanol–water partition coefficient (Wildman–Crippen LogP) is 4.82. The van der Waals surface area contributed by atoms with Crippen LogP contribution in [0.4, 0.5) is 5.82 Å². The Kier molecular flexibility index (Phi) is 7.90. The molecule has 0 spiro atoms. The molecule has 1 atom stereocenters. The van der Waals surface area contributed by atoms with E-state index in [1.54, 1.807) is 12.0 Å². The summed E-state index contributed by atoms with van der Waals surface area (Å²) in [6.45, 7) is 4.84. The maximum absolute atomic E-state index is 13.9. The van der Waals surface area contributed by atoms with Crippen LogP contribution in [0.1, 0.15) is 27.5 Å². The minimum atomic E-state index is -0.271. The summed E-state index contributed by atoms with van der Waals surface area (Å²) in [6, 6.07) is 22.0. The molecule has 3 aromatic carbocycles. The SMILES string of the molecule is COCCNC(=O)CN1C(=O)CS[C@@H](c2ccc3c(c2)OCO3)c2c(-c3ccccc3)nn(-c3ccc(C)cc3C)c21. The van der Waals surface area contributed by atoms with Crippen LogP contribution in [0.3, 0.4) is 0 Å². The van der Waals surface area contributed by atoms with Gasteiger partial charge in [-0.05, 0) is 43.2 Å². The molecule has 0 aliphatic carbocycles. The second-order valence-electron chi connectivity index (χ2n) is 10.3. The number of fused-ring (bicyclic) bond motifs is 2. The molecule has 3 heterocycles. The van der Waals surface area contributed by atoms with E-state index in [2.05, 4.69) is 11.4 Å². The van der Waals surface area contributed by atoms with Crippen molar-refractivity contribution in [2.75, 3.05) is 44.3 Å². The average Bonchev–Trinajstić information content (AvgIpc) is 3.58. The molecule has 2 aliphatic rings. The topological polar surface area (TPSA) is 94.9 Å². The number of hydrogen-bond donors (Lipinski definition) is 1. The highest BCUT2D eigenvalue weighted by atomic mass is 32.2. The van der Waals surface area contributed by atoms with Gasteiger partial charge in [0, 0.05) is 24.8 Å². The zero-order valence-corrected chi connectivity index (χ0v) is 24.6. The summed E-state index contributed by atoms with van der Waals surface area (Å²) in [5, 5.41) is 7.78. The molecule has 9 nitrogen and oxygen atoms in total. The van der Waals surface area contributed by atoms with Crippen LogP contribution in [0.2, 0.25) is 0 Å². The standard InChI is InChI=1S/C32H32N4O5S/c1-20-9-11-24(21(2)15-20)36-32-29(30(34-36)22-7-5-4-6-8-22)31(23-10-12-25-26(16-23)41-19-40-25)42-18-28(38)35(32)17-27(37)33-13-14-39-3/h4-12,15-16,31H,13-14,17-19H2,1-3H3,(H,33,37)/t31-/m0/s1. The number of anilines is 1. The van der Waals surface area contributed by atoms with Crippen molar-refractivity contribution < 1.29 is 23.8 Å². The van der Waals surface area contributed by atoms with Crippen LogP contribution >= 0.6 is 11.8 Å². The predicted molar refractivity (Wildman–Crippen MR) is 163 cm³/mol. The number of nitrogens with one attached hydrogen (secondary N) is 1. The molecule has 0 bridgehead atoms. The zero-order valence-electron chi connectivity index (χ0n) is 23.8. The Balaban J connectivity index is 1.59. The van der Waals surface area contributed by atoms with Gasteiger partial charge in [-0.15, -0.1) is 11.8 Å². The van der Waals surface area contributed by atoms with E-state index in [1.807, 2.05) is 79.2 Å². The number of aryl methyl sites for hydroxylation is 2. The number of benzene rings is 3. The summed E-state index contributed by atoms with van der Waals surface area (Å²) in [7, 11) is 1.58. The number of thioether (sulfide) groups is 1. The molecule has 0 unspecified atom stereocenters. The summed E-state index contributed by atoms with van der Waals surface area (Å²) in [5.41, 5.74) is 6.46. The summed E-state index contributed by atoms with van der Waals surface area (Å²) in [4.78, 5) is 28.6. The molecule has 2 aliphatic heterocycles. The molecule has 10 heteroatoms. The first-order chi connectivity index (χ1) is 20.4. The fourth-order valence-corrected chi connectivity index (χ4v) is 6.56. The monoisotopic (exact) mass is 584 g/mol. The smallest absolute Gasteiger partial charge is 0.240 e. The largest absolute Gasteiger partial charge is 0.454 e. The Bertz CT molecular complexity index is 1640. The van der Waals surface area contributed by atoms with Crippen molar-refractivity contribution >= 4 is 29.4 Å². The maximum Gasteiger partial charge on any atom is 0.240 e. The number of ether oxygens (including phenoxy) is 3. The molecule has 1 N–H and O–H groups in total. The van der Waals surface area contributed by atoms with Gasteiger partial charge in [-0.25, -0.2) is 4.68 Å². The Labute approximate surface area is 248 Å². The fraction of sp³-hybridized carbons (Fsp3) is 0.281. The third-order valence-electron chi connectivity index (χ3n) is 7.35. The molecule has 2 amide bonds. The second-order valence-corrected chi connectivity index (χ2v) is 11.4. The highest BCUT2D eigenvalue weighted by molar-refractivity contribution is 8.00. The Morgan fingerprint density at radius 1 is 1.07 bits per heavy atom. The van der Waals surface area contributed by atoms with Crippen molar-refractivity contribution in [2.24, 2.45) is 0 Å². The van der Waals surface area contributed by atoms with E-state index in [-0.39, 0.29) is 36.2 Å². The lowest BCUT2D eigenvalue weighted by Gasteiger charge is -2.24. The minimum absolute atomic E-state index is 0.144. The van der Waals surface area contributed by atoms with Gasteiger partial charge in [-0.3, -0.25) is 14.5 Å². The molecule has 0 saturated carbocycles. The van der Waals surface area contributed by atoms with Gasteiger partial charge < -0.3 is 19.5 Å². The number of nitrogens with zero attached hydrogens (tertiary/aromatic N) is 3. The lowest BCUT2D eigenvalue weighted by Crippen LogP contribution is -2.43. The van der Waals surface area contributed by atoms with Gasteiger partial charge in [-0.1, -0.05) is 54.1 Å².